The van der Waals surface area contributed by atoms with Gasteiger partial charge in [0.05, 0.1) is 0 Å². The number of esters is 1. The number of carbonyl (C=O) groups excluding carboxylic acids is 4. The number of hydrogen-bond acceptors (Lipinski definition) is 11. The fraction of sp³-hybridized carbons (Fsp3) is 0.240. The van der Waals surface area contributed by atoms with Crippen LogP contribution in [0.25, 0.3) is 5.95 Å². The van der Waals surface area contributed by atoms with Crippen LogP contribution in [0.3, 0.4) is 0 Å². The number of carboxylic acids is 1. The zero-order chi connectivity index (χ0) is 30.0. The van der Waals surface area contributed by atoms with E-state index in [4.69, 9.17) is 4.74 Å². The van der Waals surface area contributed by atoms with Crippen molar-refractivity contribution in [3.8, 4) is 5.95 Å². The maximum Gasteiger partial charge on any atom is 0.352 e. The molecule has 16 nitrogen and oxygen atoms in total. The van der Waals surface area contributed by atoms with Crippen molar-refractivity contribution in [1.29, 1.82) is 0 Å². The first-order valence-corrected chi connectivity index (χ1v) is 13.4. The zero-order valence-electron chi connectivity index (χ0n) is 21.7. The number of carboxylic acid groups (broad SMARTS) is 1. The predicted octanol–water partition coefficient (Wildman–Crippen LogP) is -0.877. The fourth-order valence-electron chi connectivity index (χ4n) is 4.34. The van der Waals surface area contributed by atoms with Gasteiger partial charge in [0.25, 0.3) is 23.3 Å². The molecule has 0 saturated carbocycles. The largest absolute Gasteiger partial charge is 0.477 e. The van der Waals surface area contributed by atoms with Crippen LogP contribution >= 0.6 is 11.8 Å². The van der Waals surface area contributed by atoms with Gasteiger partial charge in [0.2, 0.25) is 11.6 Å². The number of aromatic amines is 1. The molecule has 3 aromatic rings. The van der Waals surface area contributed by atoms with E-state index in [9.17, 15) is 33.9 Å². The molecule has 0 aliphatic carbocycles. The summed E-state index contributed by atoms with van der Waals surface area (Å²) in [5, 5.41) is 25.5. The number of rotatable bonds is 9. The van der Waals surface area contributed by atoms with Gasteiger partial charge >= 0.3 is 11.9 Å². The molecule has 2 unspecified atom stereocenters. The molecule has 1 aromatic carbocycles. The number of aromatic nitrogens is 5. The Labute approximate surface area is 240 Å². The van der Waals surface area contributed by atoms with Crippen molar-refractivity contribution in [3.63, 3.8) is 0 Å². The number of benzene rings is 1. The third-order valence-electron chi connectivity index (χ3n) is 6.29. The van der Waals surface area contributed by atoms with Crippen LogP contribution in [0.1, 0.15) is 29.0 Å². The zero-order valence-corrected chi connectivity index (χ0v) is 22.5. The summed E-state index contributed by atoms with van der Waals surface area (Å²) < 4.78 is 6.16. The standard InChI is InChI=1S/C25H22N8O8S/c1-12(34)41-10-14-11-42-23-17(22(38)33(23)18(14)24(39)40)28-19(35)15(13-6-3-2-4-7-13)27-20(36)16-21(37)29-25(31-30-16)32-9-5-8-26-32/h2-9,15,17,23H,10-11H2,1H3,(H,27,36)(H,28,35)(H,39,40)(H,29,31,37)/t15?,17?,23-/m0/s1. The Bertz CT molecular complexity index is 1660. The molecule has 3 atom stereocenters. The molecule has 42 heavy (non-hydrogen) atoms. The van der Waals surface area contributed by atoms with Gasteiger partial charge in [0.15, 0.2) is 0 Å². The number of nitrogens with zero attached hydrogens (tertiary/aromatic N) is 5. The average molecular weight is 595 g/mol. The lowest BCUT2D eigenvalue weighted by Gasteiger charge is -2.49. The van der Waals surface area contributed by atoms with Crippen LogP contribution < -0.4 is 16.2 Å². The van der Waals surface area contributed by atoms with Gasteiger partial charge in [-0.2, -0.15) is 5.10 Å². The number of hydrogen-bond donors (Lipinski definition) is 4. The Morgan fingerprint density at radius 2 is 1.93 bits per heavy atom. The third kappa shape index (κ3) is 5.49. The highest BCUT2D eigenvalue weighted by Crippen LogP contribution is 2.40. The molecule has 4 heterocycles. The summed E-state index contributed by atoms with van der Waals surface area (Å²) in [6.07, 6.45) is 2.97. The van der Waals surface area contributed by atoms with E-state index in [1.54, 1.807) is 36.4 Å². The van der Waals surface area contributed by atoms with E-state index in [1.165, 1.54) is 35.8 Å². The molecule has 5 rings (SSSR count). The van der Waals surface area contributed by atoms with Crippen molar-refractivity contribution in [1.82, 2.24) is 40.5 Å². The van der Waals surface area contributed by atoms with Crippen molar-refractivity contribution >= 4 is 41.4 Å². The Morgan fingerprint density at radius 3 is 2.57 bits per heavy atom. The molecule has 4 N–H and O–H groups in total. The van der Waals surface area contributed by atoms with Crippen molar-refractivity contribution in [2.75, 3.05) is 12.4 Å². The maximum atomic E-state index is 13.5. The molecule has 17 heteroatoms. The number of H-pyrrole nitrogens is 1. The second-order valence-electron chi connectivity index (χ2n) is 9.03. The van der Waals surface area contributed by atoms with Gasteiger partial charge in [-0.25, -0.2) is 9.48 Å². The lowest BCUT2D eigenvalue weighted by Crippen LogP contribution is -2.71. The number of amides is 3. The predicted molar refractivity (Wildman–Crippen MR) is 143 cm³/mol. The Balaban J connectivity index is 1.34. The van der Waals surface area contributed by atoms with E-state index in [-0.39, 0.29) is 29.6 Å². The van der Waals surface area contributed by atoms with Crippen LogP contribution in [0.15, 0.2) is 64.9 Å². The summed E-state index contributed by atoms with van der Waals surface area (Å²) in [4.78, 5) is 78.8. The third-order valence-corrected chi connectivity index (χ3v) is 7.63. The number of carbonyl (C=O) groups is 5. The quantitative estimate of drug-likeness (QED) is 0.175. The molecule has 2 aromatic heterocycles. The molecule has 0 spiro atoms. The highest BCUT2D eigenvalue weighted by molar-refractivity contribution is 8.00. The van der Waals surface area contributed by atoms with E-state index < -0.39 is 58.4 Å². The van der Waals surface area contributed by atoms with Crippen molar-refractivity contribution < 1.29 is 33.8 Å². The Kier molecular flexibility index (Phi) is 7.83. The lowest BCUT2D eigenvalue weighted by atomic mass is 10.0. The molecule has 2 aliphatic rings. The first kappa shape index (κ1) is 28.2. The summed E-state index contributed by atoms with van der Waals surface area (Å²) in [5.74, 6) is -4.33. The number of β-lactam (4-membered cyclic amide) rings is 1. The topological polar surface area (TPSA) is 219 Å². The van der Waals surface area contributed by atoms with Gasteiger partial charge in [-0.15, -0.1) is 22.0 Å². The molecular weight excluding hydrogens is 572 g/mol. The number of ether oxygens (including phenoxy) is 1. The molecule has 2 aliphatic heterocycles. The Morgan fingerprint density at radius 1 is 1.17 bits per heavy atom. The second-order valence-corrected chi connectivity index (χ2v) is 10.1. The first-order valence-electron chi connectivity index (χ1n) is 12.3. The summed E-state index contributed by atoms with van der Waals surface area (Å²) in [5.41, 5.74) is -1.20. The molecule has 3 amide bonds. The molecule has 1 fully saturated rings. The van der Waals surface area contributed by atoms with E-state index in [0.717, 1.165) is 4.90 Å². The minimum Gasteiger partial charge on any atom is -0.477 e. The summed E-state index contributed by atoms with van der Waals surface area (Å²) >= 11 is 1.19. The van der Waals surface area contributed by atoms with Crippen molar-refractivity contribution in [3.05, 3.63) is 81.7 Å². The van der Waals surface area contributed by atoms with Crippen LogP contribution in [-0.2, 0) is 23.9 Å². The molecule has 0 radical (unpaired) electrons. The van der Waals surface area contributed by atoms with Gasteiger partial charge in [-0.05, 0) is 11.6 Å². The fourth-order valence-corrected chi connectivity index (χ4v) is 5.67. The van der Waals surface area contributed by atoms with Crippen molar-refractivity contribution in [2.45, 2.75) is 24.4 Å². The highest BCUT2D eigenvalue weighted by Gasteiger charge is 2.54. The highest BCUT2D eigenvalue weighted by atomic mass is 32.2. The second kappa shape index (κ2) is 11.7. The first-order chi connectivity index (χ1) is 20.2. The van der Waals surface area contributed by atoms with Gasteiger partial charge in [-0.3, -0.25) is 33.9 Å². The number of aliphatic carboxylic acids is 1. The minimum absolute atomic E-state index is 0.0253. The normalized spacial score (nSPS) is 18.4. The van der Waals surface area contributed by atoms with E-state index in [1.807, 2.05) is 0 Å². The monoisotopic (exact) mass is 594 g/mol. The van der Waals surface area contributed by atoms with Crippen molar-refractivity contribution in [2.24, 2.45) is 0 Å². The smallest absolute Gasteiger partial charge is 0.352 e. The van der Waals surface area contributed by atoms with Gasteiger partial charge in [-0.1, -0.05) is 30.3 Å². The summed E-state index contributed by atoms with van der Waals surface area (Å²) in [6.45, 7) is 0.894. The van der Waals surface area contributed by atoms with Gasteiger partial charge < -0.3 is 20.5 Å². The number of nitrogens with one attached hydrogen (secondary N) is 3. The molecule has 1 saturated heterocycles. The molecule has 0 bridgehead atoms. The number of thioether (sulfide) groups is 1. The lowest BCUT2D eigenvalue weighted by molar-refractivity contribution is -0.151. The van der Waals surface area contributed by atoms with Crippen LogP contribution in [0, 0.1) is 0 Å². The van der Waals surface area contributed by atoms with Gasteiger partial charge in [0.1, 0.15) is 29.8 Å². The summed E-state index contributed by atoms with van der Waals surface area (Å²) in [6, 6.07) is 7.24. The SMILES string of the molecule is CC(=O)OCC1=C(C(=O)O)N2C(=O)C(NC(=O)C(NC(=O)c3nnc(-n4cccn4)[nH]c3=O)c3ccccc3)[C@@H]2SC1. The van der Waals surface area contributed by atoms with E-state index in [2.05, 4.69) is 30.9 Å². The minimum atomic E-state index is -1.38. The van der Waals surface area contributed by atoms with Crippen LogP contribution in [0.2, 0.25) is 0 Å². The molecular formula is C25H22N8O8S. The van der Waals surface area contributed by atoms with Crippen LogP contribution in [0.4, 0.5) is 0 Å². The average Bonchev–Trinajstić information content (AvgIpc) is 3.52. The molecule has 216 valence electrons. The van der Waals surface area contributed by atoms with Crippen LogP contribution in [0.5, 0.6) is 0 Å². The Hall–Kier alpha value is -5.32. The van der Waals surface area contributed by atoms with E-state index >= 15 is 0 Å². The van der Waals surface area contributed by atoms with Crippen LogP contribution in [-0.4, -0.2) is 88.4 Å². The van der Waals surface area contributed by atoms with Gasteiger partial charge in [0, 0.05) is 30.6 Å². The number of fused-ring (bicyclic) bond motifs is 1. The summed E-state index contributed by atoms with van der Waals surface area (Å²) in [7, 11) is 0. The van der Waals surface area contributed by atoms with E-state index in [0.29, 0.717) is 5.56 Å². The maximum absolute atomic E-state index is 13.5.